The van der Waals surface area contributed by atoms with Crippen LogP contribution in [-0.4, -0.2) is 28.6 Å². The fourth-order valence-corrected chi connectivity index (χ4v) is 1.24. The van der Waals surface area contributed by atoms with Crippen molar-refractivity contribution in [3.8, 4) is 12.3 Å². The summed E-state index contributed by atoms with van der Waals surface area (Å²) in [6.07, 6.45) is 5.66. The highest BCUT2D eigenvalue weighted by Gasteiger charge is 2.09. The van der Waals surface area contributed by atoms with Gasteiger partial charge in [-0.05, 0) is 0 Å². The Morgan fingerprint density at radius 1 is 1.82 bits per heavy atom. The van der Waals surface area contributed by atoms with E-state index in [-0.39, 0.29) is 0 Å². The lowest BCUT2D eigenvalue weighted by Crippen LogP contribution is -2.32. The van der Waals surface area contributed by atoms with Gasteiger partial charge in [0.15, 0.2) is 0 Å². The Labute approximate surface area is 70.3 Å². The van der Waals surface area contributed by atoms with Crippen molar-refractivity contribution in [1.29, 1.82) is 0 Å². The predicted molar refractivity (Wildman–Crippen MR) is 46.4 cm³/mol. The molecular formula is C7H11NO2S. The molecule has 0 aliphatic carbocycles. The molecule has 0 saturated heterocycles. The van der Waals surface area contributed by atoms with Crippen LogP contribution in [0.4, 0.5) is 0 Å². The average molecular weight is 173 g/mol. The van der Waals surface area contributed by atoms with Crippen molar-refractivity contribution in [2.75, 3.05) is 11.5 Å². The van der Waals surface area contributed by atoms with E-state index in [4.69, 9.17) is 17.3 Å². The minimum absolute atomic E-state index is 0.428. The highest BCUT2D eigenvalue weighted by molar-refractivity contribution is 7.99. The van der Waals surface area contributed by atoms with Crippen molar-refractivity contribution >= 4 is 17.7 Å². The number of thioether (sulfide) groups is 1. The molecule has 0 aromatic carbocycles. The third-order valence-electron chi connectivity index (χ3n) is 1.01. The van der Waals surface area contributed by atoms with E-state index in [1.54, 1.807) is 0 Å². The van der Waals surface area contributed by atoms with Gasteiger partial charge in [0, 0.05) is 17.9 Å². The summed E-state index contributed by atoms with van der Waals surface area (Å²) in [5.41, 5.74) is 5.23. The summed E-state index contributed by atoms with van der Waals surface area (Å²) >= 11 is 1.47. The number of terminal acetylenes is 1. The predicted octanol–water partition coefficient (Wildman–Crippen LogP) is 0.155. The Bertz CT molecular complexity index is 164. The van der Waals surface area contributed by atoms with Crippen molar-refractivity contribution < 1.29 is 9.90 Å². The molecule has 4 heteroatoms. The van der Waals surface area contributed by atoms with Crippen molar-refractivity contribution in [2.45, 2.75) is 12.5 Å². The molecule has 0 bridgehead atoms. The highest BCUT2D eigenvalue weighted by atomic mass is 32.2. The number of hydrogen-bond acceptors (Lipinski definition) is 3. The topological polar surface area (TPSA) is 63.3 Å². The zero-order valence-electron chi connectivity index (χ0n) is 6.12. The molecule has 0 amide bonds. The van der Waals surface area contributed by atoms with Gasteiger partial charge in [-0.3, -0.25) is 4.79 Å². The molecule has 0 rings (SSSR count). The van der Waals surface area contributed by atoms with Crippen molar-refractivity contribution in [3.63, 3.8) is 0 Å². The van der Waals surface area contributed by atoms with Gasteiger partial charge in [-0.2, -0.15) is 11.8 Å². The fourth-order valence-electron chi connectivity index (χ4n) is 0.413. The van der Waals surface area contributed by atoms with Crippen LogP contribution in [0.1, 0.15) is 6.42 Å². The number of rotatable bonds is 5. The van der Waals surface area contributed by atoms with E-state index in [1.807, 2.05) is 0 Å². The molecule has 0 aliphatic rings. The zero-order chi connectivity index (χ0) is 8.69. The van der Waals surface area contributed by atoms with Crippen molar-refractivity contribution in [1.82, 2.24) is 0 Å². The summed E-state index contributed by atoms with van der Waals surface area (Å²) in [6.45, 7) is 0. The molecule has 0 radical (unpaired) electrons. The van der Waals surface area contributed by atoms with Crippen LogP contribution in [0.25, 0.3) is 0 Å². The second kappa shape index (κ2) is 6.08. The van der Waals surface area contributed by atoms with Crippen LogP contribution in [0.3, 0.4) is 0 Å². The van der Waals surface area contributed by atoms with E-state index in [2.05, 4.69) is 5.92 Å². The van der Waals surface area contributed by atoms with E-state index in [1.165, 1.54) is 11.8 Å². The smallest absolute Gasteiger partial charge is 0.321 e. The minimum atomic E-state index is -0.960. The molecule has 0 heterocycles. The Balaban J connectivity index is 3.26. The maximum absolute atomic E-state index is 10.2. The molecule has 62 valence electrons. The maximum atomic E-state index is 10.2. The molecule has 3 N–H and O–H groups in total. The van der Waals surface area contributed by atoms with Crippen LogP contribution in [-0.2, 0) is 4.79 Å². The van der Waals surface area contributed by atoms with Crippen molar-refractivity contribution in [3.05, 3.63) is 0 Å². The summed E-state index contributed by atoms with van der Waals surface area (Å²) in [4.78, 5) is 10.2. The molecule has 1 atom stereocenters. The van der Waals surface area contributed by atoms with Crippen LogP contribution in [0, 0.1) is 12.3 Å². The number of aliphatic carboxylic acids is 1. The van der Waals surface area contributed by atoms with E-state index < -0.39 is 12.0 Å². The number of nitrogens with two attached hydrogens (primary N) is 1. The molecule has 0 saturated carbocycles. The lowest BCUT2D eigenvalue weighted by atomic mass is 10.4. The largest absolute Gasteiger partial charge is 0.480 e. The second-order valence-corrected chi connectivity index (χ2v) is 3.12. The monoisotopic (exact) mass is 173 g/mol. The van der Waals surface area contributed by atoms with Gasteiger partial charge in [0.05, 0.1) is 0 Å². The molecule has 0 fully saturated rings. The van der Waals surface area contributed by atoms with E-state index in [9.17, 15) is 4.79 Å². The third kappa shape index (κ3) is 5.77. The summed E-state index contributed by atoms with van der Waals surface area (Å²) in [5, 5.41) is 8.36. The van der Waals surface area contributed by atoms with E-state index >= 15 is 0 Å². The van der Waals surface area contributed by atoms with Crippen LogP contribution in [0.2, 0.25) is 0 Å². The van der Waals surface area contributed by atoms with Crippen LogP contribution >= 0.6 is 11.8 Å². The number of hydrogen-bond donors (Lipinski definition) is 2. The lowest BCUT2D eigenvalue weighted by Gasteiger charge is -2.03. The van der Waals surface area contributed by atoms with Gasteiger partial charge in [-0.25, -0.2) is 0 Å². The first-order valence-corrected chi connectivity index (χ1v) is 4.33. The van der Waals surface area contributed by atoms with Gasteiger partial charge < -0.3 is 10.8 Å². The molecule has 0 aromatic heterocycles. The molecule has 0 aliphatic heterocycles. The van der Waals surface area contributed by atoms with Gasteiger partial charge >= 0.3 is 5.97 Å². The van der Waals surface area contributed by atoms with Gasteiger partial charge in [0.2, 0.25) is 0 Å². The normalized spacial score (nSPS) is 12.0. The molecule has 3 nitrogen and oxygen atoms in total. The Hall–Kier alpha value is -0.660. The Kier molecular flexibility index (Phi) is 5.71. The molecular weight excluding hydrogens is 162 g/mol. The summed E-state index contributed by atoms with van der Waals surface area (Å²) < 4.78 is 0. The maximum Gasteiger partial charge on any atom is 0.321 e. The Morgan fingerprint density at radius 2 is 2.45 bits per heavy atom. The molecule has 0 spiro atoms. The van der Waals surface area contributed by atoms with Crippen molar-refractivity contribution in [2.24, 2.45) is 5.73 Å². The molecule has 0 aromatic rings. The molecule has 11 heavy (non-hydrogen) atoms. The standard InChI is InChI=1S/C7H11NO2S/c1-2-3-4-11-5-6(8)7(9)10/h1,6H,3-5,8H2,(H,9,10)/t6-/m1/s1. The van der Waals surface area contributed by atoms with E-state index in [0.29, 0.717) is 12.2 Å². The summed E-state index contributed by atoms with van der Waals surface area (Å²) in [6, 6.07) is -0.766. The quantitative estimate of drug-likeness (QED) is 0.459. The number of carboxylic acids is 1. The van der Waals surface area contributed by atoms with E-state index in [0.717, 1.165) is 5.75 Å². The summed E-state index contributed by atoms with van der Waals surface area (Å²) in [5.74, 6) is 2.70. The third-order valence-corrected chi connectivity index (χ3v) is 2.09. The first-order chi connectivity index (χ1) is 5.18. The minimum Gasteiger partial charge on any atom is -0.480 e. The second-order valence-electron chi connectivity index (χ2n) is 1.97. The lowest BCUT2D eigenvalue weighted by molar-refractivity contribution is -0.137. The highest BCUT2D eigenvalue weighted by Crippen LogP contribution is 2.02. The number of carbonyl (C=O) groups is 1. The van der Waals surface area contributed by atoms with Crippen LogP contribution in [0.5, 0.6) is 0 Å². The fraction of sp³-hybridized carbons (Fsp3) is 0.571. The van der Waals surface area contributed by atoms with Gasteiger partial charge in [0.25, 0.3) is 0 Å². The zero-order valence-corrected chi connectivity index (χ0v) is 6.93. The van der Waals surface area contributed by atoms with Crippen LogP contribution < -0.4 is 5.73 Å². The average Bonchev–Trinajstić information content (AvgIpc) is 1.97. The number of carboxylic acid groups (broad SMARTS) is 1. The first-order valence-electron chi connectivity index (χ1n) is 3.18. The van der Waals surface area contributed by atoms with Gasteiger partial charge in [-0.15, -0.1) is 12.3 Å². The summed E-state index contributed by atoms with van der Waals surface area (Å²) in [7, 11) is 0. The SMILES string of the molecule is C#CCCSC[C@@H](N)C(=O)O. The van der Waals surface area contributed by atoms with Gasteiger partial charge in [-0.1, -0.05) is 0 Å². The Morgan fingerprint density at radius 3 is 2.91 bits per heavy atom. The van der Waals surface area contributed by atoms with Crippen LogP contribution in [0.15, 0.2) is 0 Å². The first kappa shape index (κ1) is 10.3. The molecule has 0 unspecified atom stereocenters. The van der Waals surface area contributed by atoms with Gasteiger partial charge in [0.1, 0.15) is 6.04 Å².